The number of para-hydroxylation sites is 2. The SMILES string of the molecule is O=C(Nc1nc2ccccc2[nH]1)c1ccc(Cl)cc1Br. The maximum Gasteiger partial charge on any atom is 0.259 e. The number of nitrogens with one attached hydrogen (secondary N) is 2. The highest BCUT2D eigenvalue weighted by molar-refractivity contribution is 9.10. The third kappa shape index (κ3) is 2.55. The van der Waals surface area contributed by atoms with Gasteiger partial charge in [-0.05, 0) is 46.3 Å². The fourth-order valence-corrected chi connectivity index (χ4v) is 2.72. The summed E-state index contributed by atoms with van der Waals surface area (Å²) in [4.78, 5) is 19.5. The van der Waals surface area contributed by atoms with Crippen LogP contribution in [-0.2, 0) is 0 Å². The van der Waals surface area contributed by atoms with E-state index in [9.17, 15) is 4.79 Å². The molecule has 0 radical (unpaired) electrons. The summed E-state index contributed by atoms with van der Waals surface area (Å²) in [6.07, 6.45) is 0. The standard InChI is InChI=1S/C14H9BrClN3O/c15-10-7-8(16)5-6-9(10)13(20)19-14-17-11-3-1-2-4-12(11)18-14/h1-7H,(H2,17,18,19,20). The lowest BCUT2D eigenvalue weighted by molar-refractivity contribution is 0.102. The van der Waals surface area contributed by atoms with Crippen molar-refractivity contribution in [1.82, 2.24) is 9.97 Å². The molecule has 0 saturated heterocycles. The number of carbonyl (C=O) groups excluding carboxylic acids is 1. The van der Waals surface area contributed by atoms with Gasteiger partial charge in [0.25, 0.3) is 5.91 Å². The molecule has 0 spiro atoms. The Balaban J connectivity index is 1.88. The van der Waals surface area contributed by atoms with Crippen LogP contribution in [0.25, 0.3) is 11.0 Å². The Bertz CT molecular complexity index is 767. The molecule has 0 aliphatic carbocycles. The van der Waals surface area contributed by atoms with Crippen molar-refractivity contribution in [3.05, 3.63) is 57.5 Å². The second kappa shape index (κ2) is 5.26. The number of hydrogen-bond acceptors (Lipinski definition) is 2. The molecule has 0 fully saturated rings. The summed E-state index contributed by atoms with van der Waals surface area (Å²) in [5.74, 6) is 0.158. The zero-order valence-corrected chi connectivity index (χ0v) is 12.5. The summed E-state index contributed by atoms with van der Waals surface area (Å²) in [7, 11) is 0. The third-order valence-electron chi connectivity index (χ3n) is 2.80. The van der Waals surface area contributed by atoms with Crippen LogP contribution < -0.4 is 5.32 Å². The lowest BCUT2D eigenvalue weighted by atomic mass is 10.2. The average molecular weight is 351 g/mol. The minimum atomic E-state index is -0.257. The molecule has 3 rings (SSSR count). The predicted molar refractivity (Wildman–Crippen MR) is 83.2 cm³/mol. The van der Waals surface area contributed by atoms with Crippen molar-refractivity contribution in [2.75, 3.05) is 5.32 Å². The van der Waals surface area contributed by atoms with Crippen molar-refractivity contribution >= 4 is 50.4 Å². The monoisotopic (exact) mass is 349 g/mol. The minimum absolute atomic E-state index is 0.257. The van der Waals surface area contributed by atoms with Gasteiger partial charge in [-0.25, -0.2) is 4.98 Å². The highest BCUT2D eigenvalue weighted by atomic mass is 79.9. The topological polar surface area (TPSA) is 57.8 Å². The van der Waals surface area contributed by atoms with Crippen LogP contribution in [0.1, 0.15) is 10.4 Å². The number of aromatic amines is 1. The first-order chi connectivity index (χ1) is 9.63. The van der Waals surface area contributed by atoms with Crippen LogP contribution in [0.4, 0.5) is 5.95 Å². The van der Waals surface area contributed by atoms with Gasteiger partial charge in [0.2, 0.25) is 5.95 Å². The van der Waals surface area contributed by atoms with E-state index in [-0.39, 0.29) is 5.91 Å². The fourth-order valence-electron chi connectivity index (χ4n) is 1.86. The number of hydrogen-bond donors (Lipinski definition) is 2. The molecule has 0 unspecified atom stereocenters. The molecule has 2 N–H and O–H groups in total. The Morgan fingerprint density at radius 3 is 2.80 bits per heavy atom. The predicted octanol–water partition coefficient (Wildman–Crippen LogP) is 4.23. The molecule has 0 aliphatic rings. The van der Waals surface area contributed by atoms with Gasteiger partial charge in [-0.1, -0.05) is 23.7 Å². The molecule has 0 saturated carbocycles. The third-order valence-corrected chi connectivity index (χ3v) is 3.69. The van der Waals surface area contributed by atoms with E-state index < -0.39 is 0 Å². The lowest BCUT2D eigenvalue weighted by Crippen LogP contribution is -2.13. The number of halogens is 2. The van der Waals surface area contributed by atoms with Gasteiger partial charge in [0.05, 0.1) is 16.6 Å². The van der Waals surface area contributed by atoms with E-state index in [2.05, 4.69) is 31.2 Å². The molecule has 1 amide bonds. The van der Waals surface area contributed by atoms with Gasteiger partial charge in [-0.3, -0.25) is 10.1 Å². The second-order valence-electron chi connectivity index (χ2n) is 4.18. The molecular weight excluding hydrogens is 342 g/mol. The van der Waals surface area contributed by atoms with E-state index in [4.69, 9.17) is 11.6 Å². The van der Waals surface area contributed by atoms with Gasteiger partial charge in [-0.2, -0.15) is 0 Å². The first kappa shape index (κ1) is 13.1. The van der Waals surface area contributed by atoms with Crippen LogP contribution in [0.2, 0.25) is 5.02 Å². The number of H-pyrrole nitrogens is 1. The highest BCUT2D eigenvalue weighted by Crippen LogP contribution is 2.22. The Hall–Kier alpha value is -1.85. The number of benzene rings is 2. The minimum Gasteiger partial charge on any atom is -0.324 e. The molecular formula is C14H9BrClN3O. The zero-order chi connectivity index (χ0) is 14.1. The molecule has 1 aromatic heterocycles. The molecule has 0 bridgehead atoms. The molecule has 3 aromatic rings. The number of anilines is 1. The molecule has 0 aliphatic heterocycles. The lowest BCUT2D eigenvalue weighted by Gasteiger charge is -2.04. The highest BCUT2D eigenvalue weighted by Gasteiger charge is 2.12. The molecule has 2 aromatic carbocycles. The van der Waals surface area contributed by atoms with Crippen LogP contribution in [0.15, 0.2) is 46.9 Å². The number of fused-ring (bicyclic) bond motifs is 1. The van der Waals surface area contributed by atoms with E-state index in [1.54, 1.807) is 18.2 Å². The van der Waals surface area contributed by atoms with Crippen LogP contribution >= 0.6 is 27.5 Å². The normalized spacial score (nSPS) is 10.7. The molecule has 100 valence electrons. The van der Waals surface area contributed by atoms with Gasteiger partial charge in [0.1, 0.15) is 0 Å². The van der Waals surface area contributed by atoms with Crippen molar-refractivity contribution in [1.29, 1.82) is 0 Å². The number of imidazole rings is 1. The zero-order valence-electron chi connectivity index (χ0n) is 10.2. The number of rotatable bonds is 2. The second-order valence-corrected chi connectivity index (χ2v) is 5.47. The molecule has 4 nitrogen and oxygen atoms in total. The van der Waals surface area contributed by atoms with Crippen molar-refractivity contribution in [3.63, 3.8) is 0 Å². The number of aromatic nitrogens is 2. The maximum atomic E-state index is 12.2. The van der Waals surface area contributed by atoms with E-state index in [1.165, 1.54) is 0 Å². The largest absolute Gasteiger partial charge is 0.324 e. The number of carbonyl (C=O) groups is 1. The fraction of sp³-hybridized carbons (Fsp3) is 0. The van der Waals surface area contributed by atoms with E-state index in [0.29, 0.717) is 21.0 Å². The van der Waals surface area contributed by atoms with Crippen LogP contribution in [0, 0.1) is 0 Å². The summed E-state index contributed by atoms with van der Waals surface area (Å²) in [6.45, 7) is 0. The van der Waals surface area contributed by atoms with Crippen LogP contribution in [0.3, 0.4) is 0 Å². The average Bonchev–Trinajstić information content (AvgIpc) is 2.80. The number of nitrogens with zero attached hydrogens (tertiary/aromatic N) is 1. The Labute approximate surface area is 128 Å². The molecule has 0 atom stereocenters. The molecule has 20 heavy (non-hydrogen) atoms. The summed E-state index contributed by atoms with van der Waals surface area (Å²) in [5, 5.41) is 3.30. The van der Waals surface area contributed by atoms with Crippen molar-refractivity contribution < 1.29 is 4.79 Å². The van der Waals surface area contributed by atoms with Crippen LogP contribution in [-0.4, -0.2) is 15.9 Å². The molecule has 1 heterocycles. The van der Waals surface area contributed by atoms with Crippen LogP contribution in [0.5, 0.6) is 0 Å². The van der Waals surface area contributed by atoms with Crippen molar-refractivity contribution in [3.8, 4) is 0 Å². The first-order valence-electron chi connectivity index (χ1n) is 5.84. The first-order valence-corrected chi connectivity index (χ1v) is 7.02. The Morgan fingerprint density at radius 2 is 2.05 bits per heavy atom. The quantitative estimate of drug-likeness (QED) is 0.726. The van der Waals surface area contributed by atoms with Gasteiger partial charge in [0, 0.05) is 9.50 Å². The molecule has 6 heteroatoms. The van der Waals surface area contributed by atoms with Gasteiger partial charge in [0.15, 0.2) is 0 Å². The number of amides is 1. The summed E-state index contributed by atoms with van der Waals surface area (Å²) < 4.78 is 0.638. The van der Waals surface area contributed by atoms with E-state index in [1.807, 2.05) is 24.3 Å². The Morgan fingerprint density at radius 1 is 1.25 bits per heavy atom. The Kier molecular flexibility index (Phi) is 3.46. The van der Waals surface area contributed by atoms with E-state index >= 15 is 0 Å². The summed E-state index contributed by atoms with van der Waals surface area (Å²) >= 11 is 9.17. The van der Waals surface area contributed by atoms with E-state index in [0.717, 1.165) is 11.0 Å². The summed E-state index contributed by atoms with van der Waals surface area (Å²) in [5.41, 5.74) is 2.17. The van der Waals surface area contributed by atoms with Gasteiger partial charge < -0.3 is 4.98 Å². The van der Waals surface area contributed by atoms with Crippen molar-refractivity contribution in [2.24, 2.45) is 0 Å². The van der Waals surface area contributed by atoms with Crippen molar-refractivity contribution in [2.45, 2.75) is 0 Å². The maximum absolute atomic E-state index is 12.2. The van der Waals surface area contributed by atoms with Gasteiger partial charge >= 0.3 is 0 Å². The smallest absolute Gasteiger partial charge is 0.259 e. The van der Waals surface area contributed by atoms with Gasteiger partial charge in [-0.15, -0.1) is 0 Å². The summed E-state index contributed by atoms with van der Waals surface area (Å²) in [6, 6.07) is 12.6.